The van der Waals surface area contributed by atoms with Gasteiger partial charge in [-0.05, 0) is 87.1 Å². The van der Waals surface area contributed by atoms with Crippen molar-refractivity contribution in [3.8, 4) is 16.9 Å². The number of ether oxygens (including phenoxy) is 1. The third kappa shape index (κ3) is 3.17. The van der Waals surface area contributed by atoms with Crippen LogP contribution in [0.1, 0.15) is 9.67 Å². The molecule has 0 fully saturated rings. The van der Waals surface area contributed by atoms with Crippen molar-refractivity contribution in [1.29, 1.82) is 0 Å². The van der Waals surface area contributed by atoms with Crippen molar-refractivity contribution in [3.05, 3.63) is 92.7 Å². The van der Waals surface area contributed by atoms with Gasteiger partial charge >= 0.3 is 5.97 Å². The molecule has 1 aliphatic rings. The highest BCUT2D eigenvalue weighted by Gasteiger charge is 2.26. The first-order valence-corrected chi connectivity index (χ1v) is 12.0. The van der Waals surface area contributed by atoms with Crippen molar-refractivity contribution >= 4 is 50.8 Å². The molecule has 28 heavy (non-hydrogen) atoms. The number of halogens is 1. The minimum absolute atomic E-state index is 0.303. The number of hydrogen-bond acceptors (Lipinski definition) is 3. The normalized spacial score (nSPS) is 13.1. The van der Waals surface area contributed by atoms with Crippen LogP contribution < -0.4 is 4.74 Å². The molecule has 4 aromatic rings. The number of thiol groups is 1. The summed E-state index contributed by atoms with van der Waals surface area (Å²) in [7, 11) is -0.585. The largest absolute Gasteiger partial charge is 0.422 e. The minimum atomic E-state index is -0.585. The lowest BCUT2D eigenvalue weighted by molar-refractivity contribution is 0.0740. The van der Waals surface area contributed by atoms with E-state index in [0.29, 0.717) is 10.6 Å². The van der Waals surface area contributed by atoms with Gasteiger partial charge in [-0.1, -0.05) is 36.4 Å². The van der Waals surface area contributed by atoms with Gasteiger partial charge < -0.3 is 4.74 Å². The molecule has 0 saturated carbocycles. The van der Waals surface area contributed by atoms with E-state index in [1.54, 1.807) is 6.07 Å². The topological polar surface area (TPSA) is 26.3 Å². The summed E-state index contributed by atoms with van der Waals surface area (Å²) >= 11 is 3.64. The van der Waals surface area contributed by atoms with Gasteiger partial charge in [0.15, 0.2) is 0 Å². The van der Waals surface area contributed by atoms with Crippen molar-refractivity contribution in [2.75, 3.05) is 0 Å². The van der Waals surface area contributed by atoms with Crippen LogP contribution >= 0.6 is 44.8 Å². The van der Waals surface area contributed by atoms with E-state index in [9.17, 15) is 4.79 Å². The van der Waals surface area contributed by atoms with E-state index in [2.05, 4.69) is 83.3 Å². The Bertz CT molecular complexity index is 1140. The maximum absolute atomic E-state index is 12.3. The van der Waals surface area contributed by atoms with Gasteiger partial charge in [0.25, 0.3) is 0 Å². The minimum Gasteiger partial charge on any atom is -0.422 e. The average molecular weight is 514 g/mol. The molecule has 2 nitrogen and oxygen atoms in total. The molecule has 5 rings (SSSR count). The quantitative estimate of drug-likeness (QED) is 0.121. The standard InChI is InChI=1S/C23H15IO2S2/c24-22-14-13-19(27-22)23(25)26-15-9-11-16(12-10-15)28-20-7-3-1-5-17(20)18-6-2-4-8-21(18)28/h1-14,28H. The molecule has 1 aromatic heterocycles. The summed E-state index contributed by atoms with van der Waals surface area (Å²) in [5.41, 5.74) is 2.65. The molecule has 0 radical (unpaired) electrons. The maximum Gasteiger partial charge on any atom is 0.353 e. The average Bonchev–Trinajstić information content (AvgIpc) is 3.30. The number of hydrogen-bond donors (Lipinski definition) is 1. The first-order valence-electron chi connectivity index (χ1n) is 8.77. The molecule has 0 amide bonds. The molecule has 0 unspecified atom stereocenters. The third-order valence-electron chi connectivity index (χ3n) is 4.66. The molecular formula is C23H15IO2S2. The fourth-order valence-corrected chi connectivity index (χ4v) is 7.55. The molecule has 2 heterocycles. The summed E-state index contributed by atoms with van der Waals surface area (Å²) in [6.45, 7) is 0. The summed E-state index contributed by atoms with van der Waals surface area (Å²) in [6.07, 6.45) is 0. The van der Waals surface area contributed by atoms with Crippen LogP contribution in [0.3, 0.4) is 0 Å². The van der Waals surface area contributed by atoms with Crippen LogP contribution in [0, 0.1) is 2.88 Å². The van der Waals surface area contributed by atoms with Gasteiger partial charge in [-0.2, -0.15) is 10.9 Å². The summed E-state index contributed by atoms with van der Waals surface area (Å²) in [6, 6.07) is 29.0. The highest BCUT2D eigenvalue weighted by atomic mass is 127. The van der Waals surface area contributed by atoms with E-state index >= 15 is 0 Å². The van der Waals surface area contributed by atoms with Crippen molar-refractivity contribution in [1.82, 2.24) is 0 Å². The molecular weight excluding hydrogens is 499 g/mol. The van der Waals surface area contributed by atoms with E-state index in [1.807, 2.05) is 18.2 Å². The predicted molar refractivity (Wildman–Crippen MR) is 124 cm³/mol. The Morgan fingerprint density at radius 3 is 1.96 bits per heavy atom. The van der Waals surface area contributed by atoms with Gasteiger partial charge in [-0.25, -0.2) is 4.79 Å². The molecule has 0 N–H and O–H groups in total. The van der Waals surface area contributed by atoms with Gasteiger partial charge in [0.1, 0.15) is 10.6 Å². The molecule has 1 aliphatic heterocycles. The number of fused-ring (bicyclic) bond motifs is 3. The fraction of sp³-hybridized carbons (Fsp3) is 0. The number of carbonyl (C=O) groups excluding carboxylic acids is 1. The number of esters is 1. The first kappa shape index (κ1) is 18.0. The maximum atomic E-state index is 12.3. The van der Waals surface area contributed by atoms with Crippen LogP contribution in [0.5, 0.6) is 5.75 Å². The summed E-state index contributed by atoms with van der Waals surface area (Å²) in [5, 5.41) is 0. The molecule has 0 spiro atoms. The lowest BCUT2D eigenvalue weighted by Gasteiger charge is -2.19. The van der Waals surface area contributed by atoms with Gasteiger partial charge in [-0.15, -0.1) is 11.3 Å². The van der Waals surface area contributed by atoms with Crippen LogP contribution in [0.25, 0.3) is 11.1 Å². The lowest BCUT2D eigenvalue weighted by Crippen LogP contribution is -2.06. The second kappa shape index (κ2) is 7.39. The van der Waals surface area contributed by atoms with Crippen LogP contribution in [0.15, 0.2) is 99.6 Å². The molecule has 0 saturated heterocycles. The second-order valence-corrected chi connectivity index (χ2v) is 11.5. The van der Waals surface area contributed by atoms with Crippen LogP contribution in [0.2, 0.25) is 0 Å². The fourth-order valence-electron chi connectivity index (χ4n) is 3.45. The van der Waals surface area contributed by atoms with Crippen molar-refractivity contribution in [2.45, 2.75) is 14.7 Å². The zero-order valence-electron chi connectivity index (χ0n) is 14.6. The lowest BCUT2D eigenvalue weighted by atomic mass is 10.1. The second-order valence-electron chi connectivity index (χ2n) is 6.36. The monoisotopic (exact) mass is 514 g/mol. The van der Waals surface area contributed by atoms with E-state index in [-0.39, 0.29) is 5.97 Å². The number of thiophene rings is 1. The summed E-state index contributed by atoms with van der Waals surface area (Å²) in [5.74, 6) is 0.274. The van der Waals surface area contributed by atoms with Gasteiger partial charge in [0.2, 0.25) is 0 Å². The van der Waals surface area contributed by atoms with E-state index in [4.69, 9.17) is 4.74 Å². The van der Waals surface area contributed by atoms with Gasteiger partial charge in [0.05, 0.1) is 2.88 Å². The Kier molecular flexibility index (Phi) is 4.74. The van der Waals surface area contributed by atoms with Crippen LogP contribution in [0.4, 0.5) is 0 Å². The predicted octanol–water partition coefficient (Wildman–Crippen LogP) is 7.03. The van der Waals surface area contributed by atoms with E-state index in [0.717, 1.165) is 2.88 Å². The molecule has 138 valence electrons. The SMILES string of the molecule is O=C(Oc1ccc([SH]2c3ccccc3-c3ccccc32)cc1)c1ccc(I)s1. The summed E-state index contributed by atoms with van der Waals surface area (Å²) < 4.78 is 6.62. The third-order valence-corrected chi connectivity index (χ3v) is 9.09. The Labute approximate surface area is 183 Å². The smallest absolute Gasteiger partial charge is 0.353 e. The highest BCUT2D eigenvalue weighted by Crippen LogP contribution is 2.62. The van der Waals surface area contributed by atoms with Gasteiger partial charge in [-0.3, -0.25) is 0 Å². The Morgan fingerprint density at radius 2 is 1.39 bits per heavy atom. The van der Waals surface area contributed by atoms with Crippen molar-refractivity contribution in [3.63, 3.8) is 0 Å². The van der Waals surface area contributed by atoms with E-state index < -0.39 is 10.9 Å². The zero-order chi connectivity index (χ0) is 19.1. The Morgan fingerprint density at radius 1 is 0.786 bits per heavy atom. The molecule has 3 aromatic carbocycles. The molecule has 0 aliphatic carbocycles. The number of rotatable bonds is 3. The Hall–Kier alpha value is -2.09. The summed E-state index contributed by atoms with van der Waals surface area (Å²) in [4.78, 5) is 16.9. The molecule has 0 atom stereocenters. The highest BCUT2D eigenvalue weighted by molar-refractivity contribution is 14.1. The zero-order valence-corrected chi connectivity index (χ0v) is 18.5. The number of carbonyl (C=O) groups is 1. The molecule has 0 bridgehead atoms. The van der Waals surface area contributed by atoms with Crippen molar-refractivity contribution in [2.24, 2.45) is 0 Å². The van der Waals surface area contributed by atoms with Crippen LogP contribution in [-0.2, 0) is 0 Å². The van der Waals surface area contributed by atoms with E-state index in [1.165, 1.54) is 37.2 Å². The van der Waals surface area contributed by atoms with Gasteiger partial charge in [0, 0.05) is 9.79 Å². The first-order chi connectivity index (χ1) is 13.7. The van der Waals surface area contributed by atoms with Crippen LogP contribution in [-0.4, -0.2) is 5.97 Å². The Balaban J connectivity index is 1.46. The number of benzene rings is 3. The van der Waals surface area contributed by atoms with Crippen molar-refractivity contribution < 1.29 is 9.53 Å². The molecule has 5 heteroatoms.